The average molecular weight is 452 g/mol. The maximum atomic E-state index is 2.46. The van der Waals surface area contributed by atoms with Crippen LogP contribution in [0.25, 0.3) is 58.8 Å². The molecule has 0 radical (unpaired) electrons. The molecule has 0 saturated heterocycles. The van der Waals surface area contributed by atoms with Crippen LogP contribution >= 0.6 is 11.3 Å². The Labute approximate surface area is 201 Å². The summed E-state index contributed by atoms with van der Waals surface area (Å²) in [6, 6.07) is 38.1. The summed E-state index contributed by atoms with van der Waals surface area (Å²) in [4.78, 5) is 0. The van der Waals surface area contributed by atoms with E-state index >= 15 is 0 Å². The van der Waals surface area contributed by atoms with Gasteiger partial charge in [0.25, 0.3) is 0 Å². The van der Waals surface area contributed by atoms with Crippen molar-refractivity contribution < 1.29 is 0 Å². The van der Waals surface area contributed by atoms with Gasteiger partial charge in [0.1, 0.15) is 0 Å². The molecule has 2 heterocycles. The molecule has 5 aromatic carbocycles. The zero-order valence-electron chi connectivity index (χ0n) is 18.7. The van der Waals surface area contributed by atoms with E-state index in [1.807, 2.05) is 11.3 Å². The highest BCUT2D eigenvalue weighted by atomic mass is 32.1. The first-order chi connectivity index (χ1) is 16.8. The predicted molar refractivity (Wildman–Crippen MR) is 147 cm³/mol. The van der Waals surface area contributed by atoms with Crippen LogP contribution < -0.4 is 0 Å². The summed E-state index contributed by atoms with van der Waals surface area (Å²) >= 11 is 1.91. The Kier molecular flexibility index (Phi) is 3.59. The number of aromatic nitrogens is 1. The molecule has 0 bridgehead atoms. The second-order valence-electron chi connectivity index (χ2n) is 9.40. The molecule has 160 valence electrons. The summed E-state index contributed by atoms with van der Waals surface area (Å²) in [6.45, 7) is 2.37. The van der Waals surface area contributed by atoms with E-state index in [0.29, 0.717) is 5.92 Å². The first-order valence-corrected chi connectivity index (χ1v) is 12.7. The smallest absolute Gasteiger partial charge is 0.0547 e. The summed E-state index contributed by atoms with van der Waals surface area (Å²) in [7, 11) is 0. The molecule has 2 aromatic heterocycles. The second-order valence-corrected chi connectivity index (χ2v) is 10.5. The van der Waals surface area contributed by atoms with Gasteiger partial charge in [-0.3, -0.25) is 0 Å². The molecule has 1 atom stereocenters. The summed E-state index contributed by atoms with van der Waals surface area (Å²) in [5.74, 6) is 0.385. The van der Waals surface area contributed by atoms with Crippen molar-refractivity contribution in [2.75, 3.05) is 0 Å². The largest absolute Gasteiger partial charge is 0.309 e. The maximum Gasteiger partial charge on any atom is 0.0547 e. The van der Waals surface area contributed by atoms with Crippen LogP contribution in [0.4, 0.5) is 0 Å². The first kappa shape index (κ1) is 18.5. The number of thiophene rings is 1. The van der Waals surface area contributed by atoms with Crippen molar-refractivity contribution in [3.05, 3.63) is 114 Å². The van der Waals surface area contributed by atoms with Crippen LogP contribution in [-0.2, 0) is 0 Å². The molecule has 0 saturated carbocycles. The Morgan fingerprint density at radius 1 is 0.559 bits per heavy atom. The Hall–Kier alpha value is -3.88. The molecular weight excluding hydrogens is 430 g/mol. The second kappa shape index (κ2) is 6.59. The molecular formula is C32H21NS. The van der Waals surface area contributed by atoms with Gasteiger partial charge in [-0.25, -0.2) is 0 Å². The fourth-order valence-electron chi connectivity index (χ4n) is 6.03. The summed E-state index contributed by atoms with van der Waals surface area (Å²) < 4.78 is 5.17. The molecule has 34 heavy (non-hydrogen) atoms. The van der Waals surface area contributed by atoms with Gasteiger partial charge in [-0.05, 0) is 70.8 Å². The van der Waals surface area contributed by atoms with Crippen molar-refractivity contribution >= 4 is 53.3 Å². The highest BCUT2D eigenvalue weighted by molar-refractivity contribution is 7.25. The zero-order chi connectivity index (χ0) is 22.4. The summed E-state index contributed by atoms with van der Waals surface area (Å²) in [5, 5.41) is 5.42. The van der Waals surface area contributed by atoms with E-state index < -0.39 is 0 Å². The Balaban J connectivity index is 1.47. The summed E-state index contributed by atoms with van der Waals surface area (Å²) in [5.41, 5.74) is 9.43. The van der Waals surface area contributed by atoms with Gasteiger partial charge in [0.05, 0.1) is 11.0 Å². The highest BCUT2D eigenvalue weighted by Gasteiger charge is 2.28. The molecule has 7 aromatic rings. The van der Waals surface area contributed by atoms with Gasteiger partial charge in [0.15, 0.2) is 0 Å². The van der Waals surface area contributed by atoms with E-state index in [1.165, 1.54) is 69.9 Å². The third kappa shape index (κ3) is 2.33. The number of hydrogen-bond acceptors (Lipinski definition) is 1. The fourth-order valence-corrected chi connectivity index (χ4v) is 7.15. The van der Waals surface area contributed by atoms with E-state index in [-0.39, 0.29) is 0 Å². The highest BCUT2D eigenvalue weighted by Crippen LogP contribution is 2.50. The number of fused-ring (bicyclic) bond motifs is 9. The molecule has 0 fully saturated rings. The number of hydrogen-bond donors (Lipinski definition) is 0. The number of nitrogens with zero attached hydrogens (tertiary/aromatic N) is 1. The Morgan fingerprint density at radius 2 is 1.24 bits per heavy atom. The standard InChI is InChI=1S/C32H21NS/c1-19-23-15-27-21-11-5-7-13-29(21)33(20-9-3-2-4-10-20)30(27)17-25(23)26-18-32-28(16-24(19)26)22-12-6-8-14-31(22)34-32/h2-19H,1H3. The molecule has 1 aliphatic rings. The molecule has 0 N–H and O–H groups in total. The van der Waals surface area contributed by atoms with Gasteiger partial charge in [-0.15, -0.1) is 11.3 Å². The van der Waals surface area contributed by atoms with E-state index in [2.05, 4.69) is 115 Å². The normalized spacial score (nSPS) is 14.9. The van der Waals surface area contributed by atoms with Crippen LogP contribution in [0.15, 0.2) is 103 Å². The topological polar surface area (TPSA) is 4.93 Å². The number of rotatable bonds is 1. The summed E-state index contributed by atoms with van der Waals surface area (Å²) in [6.07, 6.45) is 0. The van der Waals surface area contributed by atoms with Crippen molar-refractivity contribution in [3.8, 4) is 16.8 Å². The minimum Gasteiger partial charge on any atom is -0.309 e. The number of benzene rings is 5. The Bertz CT molecular complexity index is 1920. The fraction of sp³-hybridized carbons (Fsp3) is 0.0625. The van der Waals surface area contributed by atoms with E-state index in [0.717, 1.165) is 0 Å². The van der Waals surface area contributed by atoms with Crippen molar-refractivity contribution in [1.29, 1.82) is 0 Å². The van der Waals surface area contributed by atoms with Crippen LogP contribution in [0.5, 0.6) is 0 Å². The molecule has 0 spiro atoms. The molecule has 1 nitrogen and oxygen atoms in total. The van der Waals surface area contributed by atoms with Crippen molar-refractivity contribution in [2.24, 2.45) is 0 Å². The molecule has 8 rings (SSSR count). The van der Waals surface area contributed by atoms with Gasteiger partial charge in [0, 0.05) is 42.6 Å². The van der Waals surface area contributed by atoms with Crippen LogP contribution in [-0.4, -0.2) is 4.57 Å². The lowest BCUT2D eigenvalue weighted by molar-refractivity contribution is 0.961. The van der Waals surface area contributed by atoms with Crippen LogP contribution in [0.1, 0.15) is 24.0 Å². The van der Waals surface area contributed by atoms with Crippen molar-refractivity contribution in [3.63, 3.8) is 0 Å². The predicted octanol–water partition coefficient (Wildman–Crippen LogP) is 9.28. The lowest BCUT2D eigenvalue weighted by atomic mass is 9.97. The lowest BCUT2D eigenvalue weighted by Gasteiger charge is -2.09. The monoisotopic (exact) mass is 451 g/mol. The van der Waals surface area contributed by atoms with Gasteiger partial charge >= 0.3 is 0 Å². The Morgan fingerprint density at radius 3 is 2.09 bits per heavy atom. The van der Waals surface area contributed by atoms with E-state index in [4.69, 9.17) is 0 Å². The lowest BCUT2D eigenvalue weighted by Crippen LogP contribution is -1.94. The van der Waals surface area contributed by atoms with Crippen LogP contribution in [0, 0.1) is 0 Å². The van der Waals surface area contributed by atoms with Crippen molar-refractivity contribution in [1.82, 2.24) is 4.57 Å². The van der Waals surface area contributed by atoms with Gasteiger partial charge < -0.3 is 4.57 Å². The van der Waals surface area contributed by atoms with E-state index in [1.54, 1.807) is 0 Å². The van der Waals surface area contributed by atoms with Crippen LogP contribution in [0.2, 0.25) is 0 Å². The third-order valence-corrected chi connectivity index (χ3v) is 8.76. The zero-order valence-corrected chi connectivity index (χ0v) is 19.6. The molecule has 0 amide bonds. The van der Waals surface area contributed by atoms with Gasteiger partial charge in [-0.2, -0.15) is 0 Å². The quantitative estimate of drug-likeness (QED) is 0.234. The van der Waals surface area contributed by atoms with E-state index in [9.17, 15) is 0 Å². The first-order valence-electron chi connectivity index (χ1n) is 11.9. The molecule has 1 aliphatic carbocycles. The minimum atomic E-state index is 0.385. The van der Waals surface area contributed by atoms with Gasteiger partial charge in [0.2, 0.25) is 0 Å². The molecule has 0 aliphatic heterocycles. The van der Waals surface area contributed by atoms with Gasteiger partial charge in [-0.1, -0.05) is 61.5 Å². The SMILES string of the molecule is CC1c2cc3c(cc2-c2cc4c(cc21)c1ccccc1n4-c1ccccc1)sc1ccccc13. The molecule has 2 heteroatoms. The minimum absolute atomic E-state index is 0.385. The van der Waals surface area contributed by atoms with Crippen LogP contribution in [0.3, 0.4) is 0 Å². The third-order valence-electron chi connectivity index (χ3n) is 7.63. The van der Waals surface area contributed by atoms with Crippen molar-refractivity contribution in [2.45, 2.75) is 12.8 Å². The molecule has 1 unspecified atom stereocenters. The maximum absolute atomic E-state index is 2.46. The number of para-hydroxylation sites is 2. The average Bonchev–Trinajstić information content (AvgIpc) is 3.50.